The summed E-state index contributed by atoms with van der Waals surface area (Å²) in [6.45, 7) is 8.53. The molecular weight excluding hydrogens is 212 g/mol. The summed E-state index contributed by atoms with van der Waals surface area (Å²) in [5.74, 6) is 1.13. The van der Waals surface area contributed by atoms with E-state index >= 15 is 0 Å². The van der Waals surface area contributed by atoms with Crippen LogP contribution in [-0.4, -0.2) is 20.4 Å². The summed E-state index contributed by atoms with van der Waals surface area (Å²) < 4.78 is 0. The van der Waals surface area contributed by atoms with Crippen molar-refractivity contribution in [2.45, 2.75) is 47.0 Å². The molecule has 2 rings (SSSR count). The molecule has 0 spiro atoms. The Kier molecular flexibility index (Phi) is 6.94. The van der Waals surface area contributed by atoms with E-state index in [0.29, 0.717) is 11.8 Å². The molecule has 2 aromatic heterocycles. The first-order chi connectivity index (χ1) is 7.61. The maximum Gasteiger partial charge on any atom is 0.0850 e. The fraction of sp³-hybridized carbons (Fsp3) is 0.538. The van der Waals surface area contributed by atoms with E-state index in [4.69, 9.17) is 0 Å². The van der Waals surface area contributed by atoms with Crippen LogP contribution in [0.3, 0.4) is 0 Å². The van der Waals surface area contributed by atoms with Crippen molar-refractivity contribution >= 4 is 0 Å². The second kappa shape index (κ2) is 7.65. The van der Waals surface area contributed by atoms with Crippen LogP contribution < -0.4 is 0 Å². The SMILES string of the molecule is C.CC(C)c1cc[nH]c1.CC(C)c1cn[nH]n1. The first-order valence-corrected chi connectivity index (χ1v) is 5.59. The number of aromatic nitrogens is 4. The lowest BCUT2D eigenvalue weighted by molar-refractivity contribution is 0.804. The lowest BCUT2D eigenvalue weighted by Crippen LogP contribution is -1.85. The summed E-state index contributed by atoms with van der Waals surface area (Å²) in [5.41, 5.74) is 2.40. The van der Waals surface area contributed by atoms with Crippen molar-refractivity contribution in [3.05, 3.63) is 35.9 Å². The van der Waals surface area contributed by atoms with Crippen molar-refractivity contribution in [3.63, 3.8) is 0 Å². The van der Waals surface area contributed by atoms with Gasteiger partial charge in [-0.05, 0) is 23.5 Å². The first kappa shape index (κ1) is 15.4. The Morgan fingerprint density at radius 1 is 1.12 bits per heavy atom. The number of H-pyrrole nitrogens is 2. The topological polar surface area (TPSA) is 57.4 Å². The van der Waals surface area contributed by atoms with Crippen LogP contribution in [-0.2, 0) is 0 Å². The largest absolute Gasteiger partial charge is 0.367 e. The maximum absolute atomic E-state index is 3.88. The summed E-state index contributed by atoms with van der Waals surface area (Å²) in [6, 6.07) is 2.10. The quantitative estimate of drug-likeness (QED) is 0.835. The molecule has 0 atom stereocenters. The van der Waals surface area contributed by atoms with Gasteiger partial charge in [0.1, 0.15) is 0 Å². The number of hydrogen-bond acceptors (Lipinski definition) is 2. The van der Waals surface area contributed by atoms with Crippen molar-refractivity contribution < 1.29 is 0 Å². The van der Waals surface area contributed by atoms with E-state index in [-0.39, 0.29) is 7.43 Å². The Bertz CT molecular complexity index is 322. The Hall–Kier alpha value is -1.58. The maximum atomic E-state index is 3.88. The minimum Gasteiger partial charge on any atom is -0.367 e. The molecule has 0 aliphatic carbocycles. The highest BCUT2D eigenvalue weighted by Gasteiger charge is 1.98. The lowest BCUT2D eigenvalue weighted by atomic mass is 10.1. The van der Waals surface area contributed by atoms with Crippen LogP contribution in [0.1, 0.15) is 58.2 Å². The van der Waals surface area contributed by atoms with Crippen LogP contribution in [0.4, 0.5) is 0 Å². The Balaban J connectivity index is 0.000000284. The summed E-state index contributed by atoms with van der Waals surface area (Å²) in [4.78, 5) is 3.01. The minimum atomic E-state index is 0. The predicted molar refractivity (Wildman–Crippen MR) is 72.1 cm³/mol. The van der Waals surface area contributed by atoms with Crippen LogP contribution in [0, 0.1) is 0 Å². The Labute approximate surface area is 104 Å². The normalized spacial score (nSPS) is 9.76. The fourth-order valence-electron chi connectivity index (χ4n) is 1.18. The molecule has 0 amide bonds. The van der Waals surface area contributed by atoms with E-state index in [9.17, 15) is 0 Å². The van der Waals surface area contributed by atoms with Crippen LogP contribution >= 0.6 is 0 Å². The van der Waals surface area contributed by atoms with Gasteiger partial charge in [-0.15, -0.1) is 0 Å². The summed E-state index contributed by atoms with van der Waals surface area (Å²) in [7, 11) is 0. The van der Waals surface area contributed by atoms with Gasteiger partial charge in [-0.3, -0.25) is 0 Å². The zero-order chi connectivity index (χ0) is 12.0. The molecule has 4 heteroatoms. The fourth-order valence-corrected chi connectivity index (χ4v) is 1.18. The van der Waals surface area contributed by atoms with Crippen molar-refractivity contribution in [2.75, 3.05) is 0 Å². The average molecular weight is 236 g/mol. The number of aromatic amines is 2. The molecule has 4 nitrogen and oxygen atoms in total. The van der Waals surface area contributed by atoms with Gasteiger partial charge < -0.3 is 4.98 Å². The molecular formula is C13H24N4. The molecule has 17 heavy (non-hydrogen) atoms. The molecule has 0 aliphatic rings. The number of rotatable bonds is 2. The molecule has 96 valence electrons. The van der Waals surface area contributed by atoms with Gasteiger partial charge in [0.15, 0.2) is 0 Å². The van der Waals surface area contributed by atoms with E-state index in [2.05, 4.69) is 54.2 Å². The zero-order valence-electron chi connectivity index (χ0n) is 10.4. The summed E-state index contributed by atoms with van der Waals surface area (Å²) in [6.07, 6.45) is 5.73. The smallest absolute Gasteiger partial charge is 0.0850 e. The monoisotopic (exact) mass is 236 g/mol. The van der Waals surface area contributed by atoms with Crippen molar-refractivity contribution in [1.82, 2.24) is 20.4 Å². The van der Waals surface area contributed by atoms with Crippen molar-refractivity contribution in [1.29, 1.82) is 0 Å². The van der Waals surface area contributed by atoms with E-state index < -0.39 is 0 Å². The van der Waals surface area contributed by atoms with Gasteiger partial charge in [-0.25, -0.2) is 0 Å². The molecule has 0 saturated heterocycles. The summed E-state index contributed by atoms with van der Waals surface area (Å²) >= 11 is 0. The van der Waals surface area contributed by atoms with Gasteiger partial charge in [0, 0.05) is 12.4 Å². The molecule has 0 radical (unpaired) electrons. The summed E-state index contributed by atoms with van der Waals surface area (Å²) in [5, 5.41) is 10.1. The second-order valence-electron chi connectivity index (χ2n) is 4.35. The first-order valence-electron chi connectivity index (χ1n) is 5.59. The minimum absolute atomic E-state index is 0. The molecule has 2 heterocycles. The predicted octanol–water partition coefficient (Wildman–Crippen LogP) is 3.70. The second-order valence-corrected chi connectivity index (χ2v) is 4.35. The third kappa shape index (κ3) is 5.33. The number of nitrogens with one attached hydrogen (secondary N) is 2. The molecule has 0 fully saturated rings. The number of nitrogens with zero attached hydrogens (tertiary/aromatic N) is 2. The number of hydrogen-bond donors (Lipinski definition) is 2. The molecule has 2 N–H and O–H groups in total. The van der Waals surface area contributed by atoms with Crippen molar-refractivity contribution in [2.24, 2.45) is 0 Å². The van der Waals surface area contributed by atoms with Gasteiger partial charge >= 0.3 is 0 Å². The van der Waals surface area contributed by atoms with E-state index in [1.807, 2.05) is 12.4 Å². The van der Waals surface area contributed by atoms with E-state index in [0.717, 1.165) is 5.69 Å². The Morgan fingerprint density at radius 2 is 1.82 bits per heavy atom. The highest BCUT2D eigenvalue weighted by Crippen LogP contribution is 2.11. The van der Waals surface area contributed by atoms with Crippen LogP contribution in [0.15, 0.2) is 24.7 Å². The standard InChI is InChI=1S/C7H11N.C5H9N3.CH4/c1-6(2)7-3-4-8-5-7;1-4(2)5-3-6-8-7-5;/h3-6,8H,1-2H3;3-4H,1-2H3,(H,6,7,8);1H4. The zero-order valence-corrected chi connectivity index (χ0v) is 10.4. The van der Waals surface area contributed by atoms with Crippen LogP contribution in [0.25, 0.3) is 0 Å². The lowest BCUT2D eigenvalue weighted by Gasteiger charge is -1.96. The van der Waals surface area contributed by atoms with Crippen LogP contribution in [0.5, 0.6) is 0 Å². The highest BCUT2D eigenvalue weighted by molar-refractivity contribution is 5.12. The Morgan fingerprint density at radius 3 is 2.06 bits per heavy atom. The van der Waals surface area contributed by atoms with Crippen LogP contribution in [0.2, 0.25) is 0 Å². The van der Waals surface area contributed by atoms with Gasteiger partial charge in [0.25, 0.3) is 0 Å². The third-order valence-electron chi connectivity index (χ3n) is 2.31. The molecule has 0 saturated carbocycles. The molecule has 0 bridgehead atoms. The average Bonchev–Trinajstić information content (AvgIpc) is 2.93. The van der Waals surface area contributed by atoms with Gasteiger partial charge in [-0.1, -0.05) is 35.1 Å². The molecule has 0 aromatic carbocycles. The van der Waals surface area contributed by atoms with E-state index in [1.165, 1.54) is 5.56 Å². The molecule has 2 aromatic rings. The van der Waals surface area contributed by atoms with E-state index in [1.54, 1.807) is 6.20 Å². The highest BCUT2D eigenvalue weighted by atomic mass is 15.3. The third-order valence-corrected chi connectivity index (χ3v) is 2.31. The van der Waals surface area contributed by atoms with Crippen molar-refractivity contribution in [3.8, 4) is 0 Å². The van der Waals surface area contributed by atoms with Gasteiger partial charge in [0.2, 0.25) is 0 Å². The molecule has 0 unspecified atom stereocenters. The van der Waals surface area contributed by atoms with Gasteiger partial charge in [-0.2, -0.15) is 15.4 Å². The van der Waals surface area contributed by atoms with Gasteiger partial charge in [0.05, 0.1) is 11.9 Å². The molecule has 0 aliphatic heterocycles.